The molecule has 0 N–H and O–H groups in total. The number of halogens is 1. The number of aromatic nitrogens is 2. The second kappa shape index (κ2) is 8.32. The normalized spacial score (nSPS) is 14.5. The van der Waals surface area contributed by atoms with Gasteiger partial charge < -0.3 is 14.3 Å². The Hall–Kier alpha value is -2.38. The summed E-state index contributed by atoms with van der Waals surface area (Å²) < 4.78 is 5.28. The molecule has 28 heavy (non-hydrogen) atoms. The number of anilines is 1. The van der Waals surface area contributed by atoms with Crippen molar-refractivity contribution >= 4 is 34.5 Å². The van der Waals surface area contributed by atoms with Crippen LogP contribution in [0.5, 0.6) is 0 Å². The highest BCUT2D eigenvalue weighted by Crippen LogP contribution is 2.25. The first-order chi connectivity index (χ1) is 13.6. The Morgan fingerprint density at radius 3 is 2.82 bits per heavy atom. The second-order valence-corrected chi connectivity index (χ2v) is 8.17. The third-order valence-electron chi connectivity index (χ3n) is 4.91. The molecule has 1 aliphatic heterocycles. The Morgan fingerprint density at radius 2 is 2.07 bits per heavy atom. The molecular weight excluding hydrogens is 396 g/mol. The average Bonchev–Trinajstić information content (AvgIpc) is 3.40. The summed E-state index contributed by atoms with van der Waals surface area (Å²) in [5.74, 6) is 1.21. The van der Waals surface area contributed by atoms with Gasteiger partial charge >= 0.3 is 0 Å². The van der Waals surface area contributed by atoms with Crippen LogP contribution in [-0.2, 0) is 11.2 Å². The minimum atomic E-state index is 0.123. The minimum absolute atomic E-state index is 0.123. The minimum Gasteiger partial charge on any atom is -0.368 e. The number of aryl methyl sites for hydroxylation is 2. The number of amides is 1. The van der Waals surface area contributed by atoms with Crippen LogP contribution in [0, 0.1) is 6.92 Å². The number of rotatable bonds is 5. The highest BCUT2D eigenvalue weighted by Gasteiger charge is 2.22. The van der Waals surface area contributed by atoms with Crippen molar-refractivity contribution in [2.45, 2.75) is 19.8 Å². The van der Waals surface area contributed by atoms with Gasteiger partial charge in [-0.05, 0) is 36.1 Å². The quantitative estimate of drug-likeness (QED) is 0.628. The fraction of sp³-hybridized carbons (Fsp3) is 0.350. The van der Waals surface area contributed by atoms with Gasteiger partial charge in [-0.15, -0.1) is 11.3 Å². The van der Waals surface area contributed by atoms with Crippen LogP contribution in [0.4, 0.5) is 5.69 Å². The highest BCUT2D eigenvalue weighted by atomic mass is 35.5. The lowest BCUT2D eigenvalue weighted by Gasteiger charge is -2.37. The molecule has 0 radical (unpaired) electrons. The van der Waals surface area contributed by atoms with E-state index in [-0.39, 0.29) is 5.91 Å². The zero-order valence-corrected chi connectivity index (χ0v) is 17.2. The highest BCUT2D eigenvalue weighted by molar-refractivity contribution is 7.13. The second-order valence-electron chi connectivity index (χ2n) is 6.79. The van der Waals surface area contributed by atoms with Crippen LogP contribution in [-0.4, -0.2) is 47.1 Å². The smallest absolute Gasteiger partial charge is 0.227 e. The first-order valence-electron chi connectivity index (χ1n) is 9.25. The van der Waals surface area contributed by atoms with Crippen LogP contribution in [0.2, 0.25) is 5.02 Å². The van der Waals surface area contributed by atoms with Gasteiger partial charge in [0, 0.05) is 49.7 Å². The molecule has 1 aromatic carbocycles. The molecule has 0 bridgehead atoms. The summed E-state index contributed by atoms with van der Waals surface area (Å²) in [6.07, 6.45) is 0.840. The van der Waals surface area contributed by atoms with E-state index in [4.69, 9.17) is 16.1 Å². The molecule has 8 heteroatoms. The Bertz CT molecular complexity index is 949. The molecule has 3 aromatic rings. The zero-order valence-electron chi connectivity index (χ0n) is 15.6. The third-order valence-corrected chi connectivity index (χ3v) is 6.01. The Morgan fingerprint density at radius 1 is 1.25 bits per heavy atom. The molecular formula is C20H21ClN4O2S. The summed E-state index contributed by atoms with van der Waals surface area (Å²) in [6, 6.07) is 9.83. The van der Waals surface area contributed by atoms with E-state index in [0.717, 1.165) is 28.7 Å². The van der Waals surface area contributed by atoms with Gasteiger partial charge in [0.25, 0.3) is 0 Å². The van der Waals surface area contributed by atoms with E-state index in [1.807, 2.05) is 40.6 Å². The van der Waals surface area contributed by atoms with Crippen molar-refractivity contribution in [3.05, 3.63) is 52.2 Å². The van der Waals surface area contributed by atoms with Crippen LogP contribution in [0.1, 0.15) is 17.9 Å². The molecule has 4 rings (SSSR count). The summed E-state index contributed by atoms with van der Waals surface area (Å²) in [5.41, 5.74) is 2.34. The van der Waals surface area contributed by atoms with E-state index in [0.29, 0.717) is 37.6 Å². The number of hydrogen-bond acceptors (Lipinski definition) is 6. The first-order valence-corrected chi connectivity index (χ1v) is 10.5. The zero-order chi connectivity index (χ0) is 19.5. The van der Waals surface area contributed by atoms with Crippen molar-refractivity contribution in [1.29, 1.82) is 0 Å². The van der Waals surface area contributed by atoms with Crippen LogP contribution in [0.3, 0.4) is 0 Å². The SMILES string of the molecule is Cc1ccc(Cl)cc1N1CCN(C(=O)CCc2nc(-c3cccs3)no2)CC1. The van der Waals surface area contributed by atoms with E-state index in [1.165, 1.54) is 5.56 Å². The fourth-order valence-corrected chi connectivity index (χ4v) is 4.17. The molecule has 0 spiro atoms. The van der Waals surface area contributed by atoms with Crippen molar-refractivity contribution in [3.8, 4) is 10.7 Å². The largest absolute Gasteiger partial charge is 0.368 e. The van der Waals surface area contributed by atoms with Crippen molar-refractivity contribution in [1.82, 2.24) is 15.0 Å². The van der Waals surface area contributed by atoms with Crippen molar-refractivity contribution in [3.63, 3.8) is 0 Å². The van der Waals surface area contributed by atoms with Crippen molar-refractivity contribution in [2.75, 3.05) is 31.1 Å². The number of carbonyl (C=O) groups is 1. The Balaban J connectivity index is 1.29. The topological polar surface area (TPSA) is 62.5 Å². The van der Waals surface area contributed by atoms with Crippen molar-refractivity contribution in [2.24, 2.45) is 0 Å². The van der Waals surface area contributed by atoms with E-state index >= 15 is 0 Å². The summed E-state index contributed by atoms with van der Waals surface area (Å²) >= 11 is 7.70. The summed E-state index contributed by atoms with van der Waals surface area (Å²) in [5, 5.41) is 6.70. The molecule has 146 valence electrons. The van der Waals surface area contributed by atoms with Crippen LogP contribution >= 0.6 is 22.9 Å². The molecule has 0 unspecified atom stereocenters. The number of nitrogens with zero attached hydrogens (tertiary/aromatic N) is 4. The molecule has 0 saturated carbocycles. The molecule has 0 atom stereocenters. The first kappa shape index (κ1) is 19.0. The van der Waals surface area contributed by atoms with Gasteiger partial charge in [-0.1, -0.05) is 28.9 Å². The molecule has 6 nitrogen and oxygen atoms in total. The number of thiophene rings is 1. The molecule has 1 fully saturated rings. The predicted octanol–water partition coefficient (Wildman–Crippen LogP) is 4.04. The maximum atomic E-state index is 12.6. The number of carbonyl (C=O) groups excluding carboxylic acids is 1. The van der Waals surface area contributed by atoms with Gasteiger partial charge in [0.05, 0.1) is 4.88 Å². The van der Waals surface area contributed by atoms with Gasteiger partial charge in [-0.2, -0.15) is 4.98 Å². The maximum Gasteiger partial charge on any atom is 0.227 e. The number of hydrogen-bond donors (Lipinski definition) is 0. The predicted molar refractivity (Wildman–Crippen MR) is 111 cm³/mol. The van der Waals surface area contributed by atoms with Gasteiger partial charge in [-0.25, -0.2) is 0 Å². The lowest BCUT2D eigenvalue weighted by molar-refractivity contribution is -0.131. The Kier molecular flexibility index (Phi) is 5.64. The van der Waals surface area contributed by atoms with Gasteiger partial charge in [0.2, 0.25) is 17.6 Å². The number of piperazine rings is 1. The fourth-order valence-electron chi connectivity index (χ4n) is 3.35. The summed E-state index contributed by atoms with van der Waals surface area (Å²) in [4.78, 5) is 22.1. The third kappa shape index (κ3) is 4.20. The molecule has 2 aromatic heterocycles. The van der Waals surface area contributed by atoms with E-state index in [9.17, 15) is 4.79 Å². The lowest BCUT2D eigenvalue weighted by Crippen LogP contribution is -2.49. The molecule has 3 heterocycles. The maximum absolute atomic E-state index is 12.6. The van der Waals surface area contributed by atoms with Crippen LogP contribution < -0.4 is 4.90 Å². The lowest BCUT2D eigenvalue weighted by atomic mass is 10.1. The monoisotopic (exact) mass is 416 g/mol. The summed E-state index contributed by atoms with van der Waals surface area (Å²) in [7, 11) is 0. The summed E-state index contributed by atoms with van der Waals surface area (Å²) in [6.45, 7) is 5.09. The van der Waals surface area contributed by atoms with Crippen LogP contribution in [0.25, 0.3) is 10.7 Å². The van der Waals surface area contributed by atoms with Gasteiger partial charge in [-0.3, -0.25) is 4.79 Å². The Labute approximate surface area is 172 Å². The van der Waals surface area contributed by atoms with E-state index < -0.39 is 0 Å². The standard InChI is InChI=1S/C20H21ClN4O2S/c1-14-4-5-15(21)13-16(14)24-8-10-25(11-9-24)19(26)7-6-18-22-20(23-27-18)17-3-2-12-28-17/h2-5,12-13H,6-11H2,1H3. The van der Waals surface area contributed by atoms with E-state index in [2.05, 4.69) is 22.0 Å². The molecule has 1 aliphatic rings. The van der Waals surface area contributed by atoms with E-state index in [1.54, 1.807) is 11.3 Å². The van der Waals surface area contributed by atoms with Gasteiger partial charge in [0.15, 0.2) is 0 Å². The molecule has 0 aliphatic carbocycles. The van der Waals surface area contributed by atoms with Gasteiger partial charge in [0.1, 0.15) is 0 Å². The van der Waals surface area contributed by atoms with Crippen LogP contribution in [0.15, 0.2) is 40.2 Å². The number of benzene rings is 1. The average molecular weight is 417 g/mol. The molecule has 1 saturated heterocycles. The molecule has 1 amide bonds. The van der Waals surface area contributed by atoms with Crippen molar-refractivity contribution < 1.29 is 9.32 Å².